The third-order valence-corrected chi connectivity index (χ3v) is 2.09. The SMILES string of the molecule is Cc1cc(CCNc2n[nH]c(N)n2)c[nH]1. The molecule has 2 aromatic heterocycles. The molecule has 2 heterocycles. The first-order chi connectivity index (χ1) is 7.24. The first-order valence-corrected chi connectivity index (χ1v) is 4.79. The van der Waals surface area contributed by atoms with Crippen LogP contribution in [0.2, 0.25) is 0 Å². The summed E-state index contributed by atoms with van der Waals surface area (Å²) in [6.07, 6.45) is 2.93. The van der Waals surface area contributed by atoms with Gasteiger partial charge in [-0.1, -0.05) is 0 Å². The van der Waals surface area contributed by atoms with Gasteiger partial charge in [-0.25, -0.2) is 5.10 Å². The second kappa shape index (κ2) is 4.04. The van der Waals surface area contributed by atoms with Crippen molar-refractivity contribution in [2.75, 3.05) is 17.6 Å². The molecule has 0 atom stereocenters. The topological polar surface area (TPSA) is 95.4 Å². The van der Waals surface area contributed by atoms with Crippen molar-refractivity contribution in [1.82, 2.24) is 20.2 Å². The van der Waals surface area contributed by atoms with Gasteiger partial charge in [0.15, 0.2) is 0 Å². The zero-order valence-electron chi connectivity index (χ0n) is 8.54. The average molecular weight is 206 g/mol. The molecule has 2 aromatic rings. The summed E-state index contributed by atoms with van der Waals surface area (Å²) >= 11 is 0. The van der Waals surface area contributed by atoms with E-state index in [9.17, 15) is 0 Å². The van der Waals surface area contributed by atoms with E-state index in [2.05, 4.69) is 31.5 Å². The third kappa shape index (κ3) is 2.49. The van der Waals surface area contributed by atoms with Gasteiger partial charge in [0.2, 0.25) is 11.9 Å². The van der Waals surface area contributed by atoms with E-state index in [0.717, 1.165) is 13.0 Å². The lowest BCUT2D eigenvalue weighted by Crippen LogP contribution is -2.05. The third-order valence-electron chi connectivity index (χ3n) is 2.09. The van der Waals surface area contributed by atoms with Crippen LogP contribution in [0.15, 0.2) is 12.3 Å². The zero-order valence-corrected chi connectivity index (χ0v) is 8.54. The van der Waals surface area contributed by atoms with Gasteiger partial charge in [-0.3, -0.25) is 0 Å². The molecule has 0 unspecified atom stereocenters. The van der Waals surface area contributed by atoms with Crippen LogP contribution in [0.5, 0.6) is 0 Å². The predicted molar refractivity (Wildman–Crippen MR) is 58.5 cm³/mol. The number of H-pyrrole nitrogens is 2. The molecule has 2 rings (SSSR count). The van der Waals surface area contributed by atoms with Gasteiger partial charge in [0, 0.05) is 18.4 Å². The number of hydrogen-bond donors (Lipinski definition) is 4. The Labute approximate surface area is 87.3 Å². The Morgan fingerprint density at radius 1 is 1.53 bits per heavy atom. The maximum absolute atomic E-state index is 5.39. The number of hydrogen-bond acceptors (Lipinski definition) is 4. The number of nitrogen functional groups attached to an aromatic ring is 1. The maximum atomic E-state index is 5.39. The number of anilines is 2. The van der Waals surface area contributed by atoms with E-state index >= 15 is 0 Å². The van der Waals surface area contributed by atoms with E-state index < -0.39 is 0 Å². The number of nitrogens with two attached hydrogens (primary N) is 1. The fraction of sp³-hybridized carbons (Fsp3) is 0.333. The lowest BCUT2D eigenvalue weighted by atomic mass is 10.2. The van der Waals surface area contributed by atoms with Crippen molar-refractivity contribution in [3.05, 3.63) is 23.5 Å². The molecular weight excluding hydrogens is 192 g/mol. The minimum atomic E-state index is 0.329. The summed E-state index contributed by atoms with van der Waals surface area (Å²) in [5.41, 5.74) is 7.83. The molecule has 0 amide bonds. The molecule has 0 bridgehead atoms. The minimum Gasteiger partial charge on any atom is -0.368 e. The Hall–Kier alpha value is -1.98. The van der Waals surface area contributed by atoms with Crippen LogP contribution in [0, 0.1) is 6.92 Å². The Morgan fingerprint density at radius 2 is 2.40 bits per heavy atom. The fourth-order valence-corrected chi connectivity index (χ4v) is 1.38. The maximum Gasteiger partial charge on any atom is 0.243 e. The highest BCUT2D eigenvalue weighted by atomic mass is 15.3. The van der Waals surface area contributed by atoms with Gasteiger partial charge in [0.25, 0.3) is 0 Å². The molecule has 6 nitrogen and oxygen atoms in total. The standard InChI is InChI=1S/C9H14N6/c1-6-4-7(5-12-6)2-3-11-9-13-8(10)14-15-9/h4-5,12H,2-3H2,1H3,(H4,10,11,13,14,15). The molecule has 0 aliphatic carbocycles. The lowest BCUT2D eigenvalue weighted by Gasteiger charge is -1.98. The van der Waals surface area contributed by atoms with Crippen molar-refractivity contribution < 1.29 is 0 Å². The van der Waals surface area contributed by atoms with Gasteiger partial charge >= 0.3 is 0 Å². The highest BCUT2D eigenvalue weighted by molar-refractivity contribution is 5.30. The van der Waals surface area contributed by atoms with Crippen LogP contribution >= 0.6 is 0 Å². The molecule has 6 heteroatoms. The first kappa shape index (κ1) is 9.57. The molecule has 15 heavy (non-hydrogen) atoms. The molecule has 0 radical (unpaired) electrons. The normalized spacial score (nSPS) is 10.5. The fourth-order valence-electron chi connectivity index (χ4n) is 1.38. The number of nitrogens with one attached hydrogen (secondary N) is 3. The van der Waals surface area contributed by atoms with Gasteiger partial charge < -0.3 is 16.0 Å². The number of rotatable bonds is 4. The highest BCUT2D eigenvalue weighted by Gasteiger charge is 1.99. The molecule has 0 aliphatic heterocycles. The van der Waals surface area contributed by atoms with Gasteiger partial charge in [-0.05, 0) is 25.0 Å². The lowest BCUT2D eigenvalue weighted by molar-refractivity contribution is 0.986. The second-order valence-corrected chi connectivity index (χ2v) is 3.41. The van der Waals surface area contributed by atoms with Crippen LogP contribution in [0.3, 0.4) is 0 Å². The van der Waals surface area contributed by atoms with Gasteiger partial charge in [-0.15, -0.1) is 5.10 Å². The van der Waals surface area contributed by atoms with Crippen molar-refractivity contribution in [1.29, 1.82) is 0 Å². The molecule has 0 aromatic carbocycles. The highest BCUT2D eigenvalue weighted by Crippen LogP contribution is 2.04. The molecular formula is C9H14N6. The second-order valence-electron chi connectivity index (χ2n) is 3.41. The largest absolute Gasteiger partial charge is 0.368 e. The summed E-state index contributed by atoms with van der Waals surface area (Å²) in [6.45, 7) is 2.82. The van der Waals surface area contributed by atoms with Crippen molar-refractivity contribution in [2.45, 2.75) is 13.3 Å². The van der Waals surface area contributed by atoms with E-state index in [1.165, 1.54) is 11.3 Å². The smallest absolute Gasteiger partial charge is 0.243 e. The molecule has 0 saturated carbocycles. The number of aromatic nitrogens is 4. The van der Waals surface area contributed by atoms with E-state index in [4.69, 9.17) is 5.73 Å². The zero-order chi connectivity index (χ0) is 10.7. The van der Waals surface area contributed by atoms with E-state index in [1.807, 2.05) is 13.1 Å². The number of aromatic amines is 2. The molecule has 0 saturated heterocycles. The van der Waals surface area contributed by atoms with Crippen LogP contribution < -0.4 is 11.1 Å². The van der Waals surface area contributed by atoms with Gasteiger partial charge in [0.1, 0.15) is 0 Å². The Morgan fingerprint density at radius 3 is 3.00 bits per heavy atom. The quantitative estimate of drug-likeness (QED) is 0.591. The Kier molecular flexibility index (Phi) is 2.57. The number of aryl methyl sites for hydroxylation is 1. The van der Waals surface area contributed by atoms with Crippen LogP contribution in [-0.2, 0) is 6.42 Å². The molecule has 0 aliphatic rings. The summed E-state index contributed by atoms with van der Waals surface area (Å²) in [5.74, 6) is 0.870. The van der Waals surface area contributed by atoms with Crippen LogP contribution in [0.4, 0.5) is 11.9 Å². The van der Waals surface area contributed by atoms with Crippen molar-refractivity contribution >= 4 is 11.9 Å². The molecule has 5 N–H and O–H groups in total. The van der Waals surface area contributed by atoms with E-state index in [0.29, 0.717) is 11.9 Å². The van der Waals surface area contributed by atoms with Gasteiger partial charge in [-0.2, -0.15) is 4.98 Å². The molecule has 80 valence electrons. The van der Waals surface area contributed by atoms with Crippen molar-refractivity contribution in [3.63, 3.8) is 0 Å². The monoisotopic (exact) mass is 206 g/mol. The Bertz CT molecular complexity index is 389. The van der Waals surface area contributed by atoms with Crippen LogP contribution in [-0.4, -0.2) is 26.7 Å². The van der Waals surface area contributed by atoms with Crippen LogP contribution in [0.25, 0.3) is 0 Å². The summed E-state index contributed by atoms with van der Waals surface area (Å²) in [7, 11) is 0. The van der Waals surface area contributed by atoms with Crippen molar-refractivity contribution in [2.24, 2.45) is 0 Å². The van der Waals surface area contributed by atoms with Crippen LogP contribution in [0.1, 0.15) is 11.3 Å². The Balaban J connectivity index is 1.80. The summed E-state index contributed by atoms with van der Waals surface area (Å²) in [6, 6.07) is 2.12. The molecule has 0 spiro atoms. The van der Waals surface area contributed by atoms with E-state index in [1.54, 1.807) is 0 Å². The minimum absolute atomic E-state index is 0.329. The van der Waals surface area contributed by atoms with Crippen molar-refractivity contribution in [3.8, 4) is 0 Å². The first-order valence-electron chi connectivity index (χ1n) is 4.79. The molecule has 0 fully saturated rings. The van der Waals surface area contributed by atoms with E-state index in [-0.39, 0.29) is 0 Å². The average Bonchev–Trinajstić information content (AvgIpc) is 2.76. The summed E-state index contributed by atoms with van der Waals surface area (Å²) < 4.78 is 0. The summed E-state index contributed by atoms with van der Waals surface area (Å²) in [5, 5.41) is 9.52. The predicted octanol–water partition coefficient (Wildman–Crippen LogP) is 0.678. The summed E-state index contributed by atoms with van der Waals surface area (Å²) in [4.78, 5) is 7.08. The van der Waals surface area contributed by atoms with Gasteiger partial charge in [0.05, 0.1) is 0 Å². The number of nitrogens with zero attached hydrogens (tertiary/aromatic N) is 2.